The summed E-state index contributed by atoms with van der Waals surface area (Å²) in [5, 5.41) is 12.1. The van der Waals surface area contributed by atoms with E-state index < -0.39 is 83.9 Å². The second-order valence-corrected chi connectivity index (χ2v) is 6.71. The molecule has 1 aromatic carbocycles. The zero-order valence-corrected chi connectivity index (χ0v) is 15.3. The molecule has 2 N–H and O–H groups in total. The van der Waals surface area contributed by atoms with Crippen molar-refractivity contribution in [3.05, 3.63) is 35.3 Å². The lowest BCUT2D eigenvalue weighted by atomic mass is 9.94. The van der Waals surface area contributed by atoms with Gasteiger partial charge in [-0.1, -0.05) is 44.9 Å². The van der Waals surface area contributed by atoms with E-state index in [4.69, 9.17) is 9.60 Å². The van der Waals surface area contributed by atoms with Crippen molar-refractivity contribution < 1.29 is 29.1 Å². The van der Waals surface area contributed by atoms with Crippen LogP contribution >= 0.6 is 0 Å². The molecule has 3 atom stereocenters. The van der Waals surface area contributed by atoms with Gasteiger partial charge in [-0.15, -0.1) is 0 Å². The van der Waals surface area contributed by atoms with E-state index in [1.165, 1.54) is 14.0 Å². The summed E-state index contributed by atoms with van der Waals surface area (Å²) in [5.74, 6) is -4.08. The molecule has 0 radical (unpaired) electrons. The fraction of sp³-hybridized carbons (Fsp3) is 0.550. The zero-order valence-electron chi connectivity index (χ0n) is 22.3. The van der Waals surface area contributed by atoms with E-state index in [0.717, 1.165) is 4.90 Å². The Morgan fingerprint density at radius 3 is 2.73 bits per heavy atom. The van der Waals surface area contributed by atoms with Crippen LogP contribution in [0.5, 0.6) is 0 Å². The van der Waals surface area contributed by atoms with Crippen molar-refractivity contribution >= 4 is 17.6 Å². The highest BCUT2D eigenvalue weighted by Gasteiger charge is 2.32. The van der Waals surface area contributed by atoms with E-state index in [0.29, 0.717) is 0 Å². The van der Waals surface area contributed by atoms with Gasteiger partial charge in [0.1, 0.15) is 12.1 Å². The fourth-order valence-corrected chi connectivity index (χ4v) is 2.45. The number of amides is 2. The van der Waals surface area contributed by atoms with Crippen molar-refractivity contribution in [1.29, 1.82) is 0 Å². The lowest BCUT2D eigenvalue weighted by Crippen LogP contribution is -2.43. The minimum absolute atomic E-state index is 0.377. The Morgan fingerprint density at radius 1 is 1.42 bits per heavy atom. The van der Waals surface area contributed by atoms with Gasteiger partial charge in [-0.3, -0.25) is 14.4 Å². The number of carbonyl (C=O) groups excluding carboxylic acids is 3. The summed E-state index contributed by atoms with van der Waals surface area (Å²) in [4.78, 5) is 39.1. The van der Waals surface area contributed by atoms with Crippen molar-refractivity contribution in [2.24, 2.45) is 11.8 Å². The number of likely N-dealkylation sites (N-methyl/N-ethyl adjacent to an activating group) is 1. The SMILES string of the molecule is [2H]c1c([2H])c([2H])c2c(c1[2H])C([2H])([2H])CN(C)C(=O)[C@@]2([2H])NC(=O)[C@H](C)CC(=O)[C@@H](O)C(C)C. The molecule has 0 aliphatic carbocycles. The largest absolute Gasteiger partial charge is 0.385 e. The maximum absolute atomic E-state index is 13.2. The van der Waals surface area contributed by atoms with Gasteiger partial charge in [-0.25, -0.2) is 0 Å². The molecular weight excluding hydrogens is 332 g/mol. The Bertz CT molecular complexity index is 1000. The van der Waals surface area contributed by atoms with Crippen LogP contribution in [0.2, 0.25) is 0 Å². The predicted octanol–water partition coefficient (Wildman–Crippen LogP) is 1.47. The number of aliphatic hydroxyl groups excluding tert-OH is 1. The normalized spacial score (nSPS) is 28.2. The van der Waals surface area contributed by atoms with Gasteiger partial charge >= 0.3 is 0 Å². The third-order valence-corrected chi connectivity index (χ3v) is 4.16. The van der Waals surface area contributed by atoms with Crippen molar-refractivity contribution in [2.45, 2.75) is 45.7 Å². The molecule has 0 spiro atoms. The number of nitrogens with one attached hydrogen (secondary N) is 1. The van der Waals surface area contributed by atoms with Crippen LogP contribution in [0, 0.1) is 11.8 Å². The highest BCUT2D eigenvalue weighted by molar-refractivity contribution is 5.92. The summed E-state index contributed by atoms with van der Waals surface area (Å²) in [6.07, 6.45) is -4.12. The van der Waals surface area contributed by atoms with Crippen molar-refractivity contribution in [2.75, 3.05) is 13.6 Å². The molecule has 142 valence electrons. The summed E-state index contributed by atoms with van der Waals surface area (Å²) in [6.45, 7) is 4.01. The fourth-order valence-electron chi connectivity index (χ4n) is 2.45. The molecular formula is C20H28N2O4. The van der Waals surface area contributed by atoms with Crippen LogP contribution in [0.3, 0.4) is 0 Å². The first-order valence-electron chi connectivity index (χ1n) is 11.9. The van der Waals surface area contributed by atoms with Gasteiger partial charge in [0.05, 0.1) is 6.85 Å². The summed E-state index contributed by atoms with van der Waals surface area (Å²) < 4.78 is 57.9. The van der Waals surface area contributed by atoms with E-state index in [9.17, 15) is 19.5 Å². The first-order valence-corrected chi connectivity index (χ1v) is 8.37. The molecule has 0 fully saturated rings. The quantitative estimate of drug-likeness (QED) is 0.797. The van der Waals surface area contributed by atoms with Crippen molar-refractivity contribution in [3.8, 4) is 0 Å². The van der Waals surface area contributed by atoms with Gasteiger partial charge in [0.2, 0.25) is 11.8 Å². The Labute approximate surface area is 164 Å². The molecule has 2 rings (SSSR count). The third kappa shape index (κ3) is 4.49. The van der Waals surface area contributed by atoms with Crippen LogP contribution in [-0.4, -0.2) is 47.3 Å². The van der Waals surface area contributed by atoms with Crippen LogP contribution in [0.15, 0.2) is 24.2 Å². The number of Topliss-reactive ketones (excluding diaryl/α,β-unsaturated/α-hetero) is 1. The molecule has 6 heteroatoms. The Morgan fingerprint density at radius 2 is 2.08 bits per heavy atom. The molecule has 6 nitrogen and oxygen atoms in total. The molecule has 0 saturated heterocycles. The van der Waals surface area contributed by atoms with E-state index >= 15 is 0 Å². The number of fused-ring (bicyclic) bond motifs is 1. The van der Waals surface area contributed by atoms with Crippen LogP contribution in [0.1, 0.15) is 53.9 Å². The average Bonchev–Trinajstić information content (AvgIpc) is 2.76. The summed E-state index contributed by atoms with van der Waals surface area (Å²) in [6, 6.07) is -5.83. The second-order valence-electron chi connectivity index (χ2n) is 6.71. The van der Waals surface area contributed by atoms with Crippen LogP contribution in [-0.2, 0) is 20.8 Å². The van der Waals surface area contributed by atoms with Crippen LogP contribution in [0.25, 0.3) is 0 Å². The number of aliphatic hydroxyl groups is 1. The van der Waals surface area contributed by atoms with Gasteiger partial charge in [0, 0.05) is 28.7 Å². The van der Waals surface area contributed by atoms with Gasteiger partial charge in [-0.2, -0.15) is 0 Å². The van der Waals surface area contributed by atoms with E-state index in [2.05, 4.69) is 5.32 Å². The number of rotatable bonds is 6. The lowest BCUT2D eigenvalue weighted by molar-refractivity contribution is -0.137. The number of hydrogen-bond donors (Lipinski definition) is 2. The molecule has 1 aromatic rings. The van der Waals surface area contributed by atoms with E-state index in [-0.39, 0.29) is 12.3 Å². The molecule has 2 amide bonds. The number of carbonyl (C=O) groups is 3. The monoisotopic (exact) mass is 367 g/mol. The highest BCUT2D eigenvalue weighted by atomic mass is 16.3. The smallest absolute Gasteiger partial charge is 0.249 e. The van der Waals surface area contributed by atoms with Gasteiger partial charge < -0.3 is 15.3 Å². The third-order valence-electron chi connectivity index (χ3n) is 4.16. The van der Waals surface area contributed by atoms with Gasteiger partial charge in [0.25, 0.3) is 0 Å². The Kier molecular flexibility index (Phi) is 3.97. The zero-order chi connectivity index (χ0) is 25.6. The summed E-state index contributed by atoms with van der Waals surface area (Å²) in [5.41, 5.74) is -1.26. The molecule has 1 heterocycles. The summed E-state index contributed by atoms with van der Waals surface area (Å²) in [7, 11) is 1.20. The maximum atomic E-state index is 13.2. The lowest BCUT2D eigenvalue weighted by Gasteiger charge is -2.24. The Balaban J connectivity index is 2.61. The predicted molar refractivity (Wildman–Crippen MR) is 98.3 cm³/mol. The van der Waals surface area contributed by atoms with Gasteiger partial charge in [-0.05, 0) is 23.4 Å². The number of nitrogens with zero attached hydrogens (tertiary/aromatic N) is 1. The summed E-state index contributed by atoms with van der Waals surface area (Å²) >= 11 is 0. The Hall–Kier alpha value is -2.21. The topological polar surface area (TPSA) is 86.7 Å². The minimum atomic E-state index is -2.77. The average molecular weight is 367 g/mol. The number of benzene rings is 1. The first-order chi connectivity index (χ1) is 15.0. The number of hydrogen-bond acceptors (Lipinski definition) is 4. The molecule has 0 bridgehead atoms. The molecule has 1 aliphatic rings. The number of ketones is 1. The second kappa shape index (κ2) is 8.45. The molecule has 0 unspecified atom stereocenters. The van der Waals surface area contributed by atoms with E-state index in [1.807, 2.05) is 0 Å². The van der Waals surface area contributed by atoms with Crippen molar-refractivity contribution in [3.63, 3.8) is 0 Å². The first kappa shape index (κ1) is 12.2. The van der Waals surface area contributed by atoms with Crippen LogP contribution in [0.4, 0.5) is 0 Å². The molecule has 0 aromatic heterocycles. The van der Waals surface area contributed by atoms with Gasteiger partial charge in [0.15, 0.2) is 5.78 Å². The molecule has 0 saturated carbocycles. The molecule has 1 aliphatic heterocycles. The van der Waals surface area contributed by atoms with E-state index in [1.54, 1.807) is 13.8 Å². The maximum Gasteiger partial charge on any atom is 0.249 e. The highest BCUT2D eigenvalue weighted by Crippen LogP contribution is 2.25. The van der Waals surface area contributed by atoms with Crippen LogP contribution < -0.4 is 5.32 Å². The minimum Gasteiger partial charge on any atom is -0.385 e. The van der Waals surface area contributed by atoms with Crippen molar-refractivity contribution in [1.82, 2.24) is 10.2 Å². The standard InChI is InChI=1S/C20H28N2O4/c1-12(2)18(24)16(23)11-13(3)19(25)21-17-15-8-6-5-7-14(15)9-10-22(4)20(17)26/h5-8,12-13,17-18,24H,9-11H2,1-4H3,(H,21,25)/t13-,17+,18+/m1/s1/i5D,6D,7D,8D,9D2,17D. The molecule has 26 heavy (non-hydrogen) atoms.